The molecule has 43 heavy (non-hydrogen) atoms. The van der Waals surface area contributed by atoms with Gasteiger partial charge in [0.1, 0.15) is 5.75 Å². The standard InChI is InChI=1S/C35H36F2N2O3S/c1-23-38-30-11-6-26(18-31(30)43-23)25-4-3-5-28(17-25)39(32(40)16-24-19-35(36,37)20-24)21-33-12-14-34(15-13-33,42-22-33)27-7-9-29(41-2)10-8-27/h3-11,17-18,24H,12-16,19-22H2,1-2H3. The first kappa shape index (κ1) is 28.4. The SMILES string of the molecule is COc1ccc(C23CCC(CN(C(=O)CC4CC(F)(F)C4)c4cccc(-c5ccc6nc(C)sc6c5)c4)(CC2)CO3)cc1. The van der Waals surface area contributed by atoms with E-state index in [1.54, 1.807) is 18.4 Å². The van der Waals surface area contributed by atoms with Gasteiger partial charge < -0.3 is 14.4 Å². The highest BCUT2D eigenvalue weighted by Crippen LogP contribution is 2.54. The van der Waals surface area contributed by atoms with E-state index in [1.165, 1.54) is 5.56 Å². The first-order valence-corrected chi connectivity index (χ1v) is 15.9. The largest absolute Gasteiger partial charge is 0.497 e. The number of rotatable bonds is 8. The van der Waals surface area contributed by atoms with Gasteiger partial charge in [0.15, 0.2) is 0 Å². The molecule has 0 unspecified atom stereocenters. The second-order valence-electron chi connectivity index (χ2n) is 12.8. The van der Waals surface area contributed by atoms with Crippen LogP contribution in [0.5, 0.6) is 5.75 Å². The van der Waals surface area contributed by atoms with E-state index in [0.717, 1.165) is 63.5 Å². The fourth-order valence-electron chi connectivity index (χ4n) is 7.25. The fourth-order valence-corrected chi connectivity index (χ4v) is 8.12. The van der Waals surface area contributed by atoms with Gasteiger partial charge in [0.05, 0.1) is 34.5 Å². The topological polar surface area (TPSA) is 51.7 Å². The van der Waals surface area contributed by atoms with Gasteiger partial charge in [-0.15, -0.1) is 11.3 Å². The Balaban J connectivity index is 1.15. The van der Waals surface area contributed by atoms with Crippen molar-refractivity contribution in [2.24, 2.45) is 11.3 Å². The molecule has 8 heteroatoms. The zero-order chi connectivity index (χ0) is 29.8. The number of anilines is 1. The lowest BCUT2D eigenvalue weighted by atomic mass is 9.64. The monoisotopic (exact) mass is 602 g/mol. The van der Waals surface area contributed by atoms with Crippen LogP contribution in [0, 0.1) is 18.3 Å². The van der Waals surface area contributed by atoms with Crippen molar-refractivity contribution >= 4 is 33.1 Å². The minimum atomic E-state index is -2.65. The zero-order valence-corrected chi connectivity index (χ0v) is 25.4. The molecule has 0 N–H and O–H groups in total. The first-order valence-electron chi connectivity index (χ1n) is 15.1. The number of aryl methyl sites for hydroxylation is 1. The van der Waals surface area contributed by atoms with Crippen molar-refractivity contribution in [2.75, 3.05) is 25.2 Å². The van der Waals surface area contributed by atoms with Gasteiger partial charge in [0, 0.05) is 36.9 Å². The van der Waals surface area contributed by atoms with Gasteiger partial charge in [0.25, 0.3) is 0 Å². The van der Waals surface area contributed by atoms with Crippen molar-refractivity contribution in [3.8, 4) is 16.9 Å². The summed E-state index contributed by atoms with van der Waals surface area (Å²) in [5.41, 5.74) is 4.54. The quantitative estimate of drug-likeness (QED) is 0.203. The van der Waals surface area contributed by atoms with E-state index in [4.69, 9.17) is 9.47 Å². The molecule has 0 atom stereocenters. The van der Waals surface area contributed by atoms with Crippen molar-refractivity contribution in [2.45, 2.75) is 63.4 Å². The lowest BCUT2D eigenvalue weighted by Gasteiger charge is -2.54. The Morgan fingerprint density at radius 2 is 1.77 bits per heavy atom. The normalized spacial score (nSPS) is 24.6. The van der Waals surface area contributed by atoms with Gasteiger partial charge in [-0.05, 0) is 91.6 Å². The number of carbonyl (C=O) groups is 1. The van der Waals surface area contributed by atoms with Crippen LogP contribution in [-0.4, -0.2) is 37.1 Å². The van der Waals surface area contributed by atoms with Crippen LogP contribution < -0.4 is 9.64 Å². The molecule has 0 radical (unpaired) electrons. The van der Waals surface area contributed by atoms with Crippen LogP contribution in [-0.2, 0) is 15.1 Å². The molecule has 2 aliphatic carbocycles. The van der Waals surface area contributed by atoms with Crippen LogP contribution in [0.3, 0.4) is 0 Å². The molecule has 2 bridgehead atoms. The lowest BCUT2D eigenvalue weighted by Crippen LogP contribution is -2.55. The lowest BCUT2D eigenvalue weighted by molar-refractivity contribution is -0.186. The Morgan fingerprint density at radius 1 is 1.02 bits per heavy atom. The van der Waals surface area contributed by atoms with Gasteiger partial charge in [-0.1, -0.05) is 30.3 Å². The molecule has 4 aromatic rings. The van der Waals surface area contributed by atoms with Crippen molar-refractivity contribution in [1.82, 2.24) is 4.98 Å². The summed E-state index contributed by atoms with van der Waals surface area (Å²) in [5.74, 6) is -2.19. The molecule has 2 saturated heterocycles. The smallest absolute Gasteiger partial charge is 0.248 e. The van der Waals surface area contributed by atoms with E-state index < -0.39 is 5.92 Å². The van der Waals surface area contributed by atoms with Crippen molar-refractivity contribution in [3.63, 3.8) is 0 Å². The highest BCUT2D eigenvalue weighted by Gasteiger charge is 2.52. The van der Waals surface area contributed by atoms with E-state index in [-0.39, 0.29) is 42.1 Å². The Hall–Kier alpha value is -3.36. The number of hydrogen-bond donors (Lipinski definition) is 0. The zero-order valence-electron chi connectivity index (χ0n) is 24.6. The summed E-state index contributed by atoms with van der Waals surface area (Å²) in [5, 5.41) is 1.02. The van der Waals surface area contributed by atoms with Gasteiger partial charge in [-0.25, -0.2) is 13.8 Å². The minimum Gasteiger partial charge on any atom is -0.497 e. The van der Waals surface area contributed by atoms with E-state index in [1.807, 2.05) is 42.2 Å². The number of aromatic nitrogens is 1. The summed E-state index contributed by atoms with van der Waals surface area (Å²) in [6.45, 7) is 3.09. The van der Waals surface area contributed by atoms with E-state index in [0.29, 0.717) is 13.2 Å². The molecule has 1 amide bonds. The Kier molecular flexibility index (Phi) is 7.05. The van der Waals surface area contributed by atoms with Crippen LogP contribution in [0.2, 0.25) is 0 Å². The number of nitrogens with zero attached hydrogens (tertiary/aromatic N) is 2. The molecule has 1 aromatic heterocycles. The predicted octanol–water partition coefficient (Wildman–Crippen LogP) is 8.53. The third-order valence-corrected chi connectivity index (χ3v) is 10.7. The second-order valence-corrected chi connectivity index (χ2v) is 14.0. The van der Waals surface area contributed by atoms with Crippen LogP contribution in [0.1, 0.15) is 55.5 Å². The number of alkyl halides is 2. The Bertz CT molecular complexity index is 1630. The van der Waals surface area contributed by atoms with Gasteiger partial charge in [-0.3, -0.25) is 4.79 Å². The maximum absolute atomic E-state index is 13.9. The molecule has 3 heterocycles. The molecule has 3 aromatic carbocycles. The fraction of sp³-hybridized carbons (Fsp3) is 0.429. The van der Waals surface area contributed by atoms with Crippen LogP contribution in [0.4, 0.5) is 14.5 Å². The van der Waals surface area contributed by atoms with E-state index in [2.05, 4.69) is 41.4 Å². The molecule has 5 nitrogen and oxygen atoms in total. The van der Waals surface area contributed by atoms with Crippen LogP contribution in [0.15, 0.2) is 66.7 Å². The average Bonchev–Trinajstić information content (AvgIpc) is 3.39. The Morgan fingerprint density at radius 3 is 2.44 bits per heavy atom. The summed E-state index contributed by atoms with van der Waals surface area (Å²) in [4.78, 5) is 20.3. The summed E-state index contributed by atoms with van der Waals surface area (Å²) in [7, 11) is 1.67. The molecule has 4 fully saturated rings. The molecule has 0 spiro atoms. The summed E-state index contributed by atoms with van der Waals surface area (Å²) < 4.78 is 40.5. The number of ether oxygens (including phenoxy) is 2. The highest BCUT2D eigenvalue weighted by molar-refractivity contribution is 7.18. The Labute approximate surface area is 254 Å². The van der Waals surface area contributed by atoms with Crippen molar-refractivity contribution < 1.29 is 23.0 Å². The number of carbonyl (C=O) groups excluding carboxylic acids is 1. The van der Waals surface area contributed by atoms with Gasteiger partial charge in [0.2, 0.25) is 11.8 Å². The summed E-state index contributed by atoms with van der Waals surface area (Å²) in [6, 6.07) is 22.5. The molecule has 8 rings (SSSR count). The number of thiazole rings is 1. The van der Waals surface area contributed by atoms with Gasteiger partial charge >= 0.3 is 0 Å². The maximum atomic E-state index is 13.9. The number of fused-ring (bicyclic) bond motifs is 4. The molecule has 2 aliphatic heterocycles. The summed E-state index contributed by atoms with van der Waals surface area (Å²) >= 11 is 1.66. The second kappa shape index (κ2) is 10.7. The molecular formula is C35H36F2N2O3S. The highest BCUT2D eigenvalue weighted by atomic mass is 32.1. The average molecular weight is 603 g/mol. The van der Waals surface area contributed by atoms with Crippen molar-refractivity contribution in [3.05, 3.63) is 77.3 Å². The maximum Gasteiger partial charge on any atom is 0.248 e. The molecule has 4 aliphatic rings. The molecular weight excluding hydrogens is 566 g/mol. The van der Waals surface area contributed by atoms with Gasteiger partial charge in [-0.2, -0.15) is 0 Å². The van der Waals surface area contributed by atoms with Crippen molar-refractivity contribution in [1.29, 1.82) is 0 Å². The third kappa shape index (κ3) is 5.44. The number of hydrogen-bond acceptors (Lipinski definition) is 5. The third-order valence-electron chi connectivity index (χ3n) is 9.81. The summed E-state index contributed by atoms with van der Waals surface area (Å²) in [6.07, 6.45) is 3.35. The first-order chi connectivity index (χ1) is 20.6. The molecule has 224 valence electrons. The van der Waals surface area contributed by atoms with E-state index >= 15 is 0 Å². The van der Waals surface area contributed by atoms with Crippen LogP contribution in [0.25, 0.3) is 21.3 Å². The number of amides is 1. The minimum absolute atomic E-state index is 0.0851. The van der Waals surface area contributed by atoms with E-state index in [9.17, 15) is 13.6 Å². The number of methoxy groups -OCH3 is 1. The molecule has 2 saturated carbocycles. The van der Waals surface area contributed by atoms with Crippen LogP contribution >= 0.6 is 11.3 Å². The number of benzene rings is 3. The number of halogens is 2. The predicted molar refractivity (Wildman–Crippen MR) is 166 cm³/mol.